The number of anilines is 2. The van der Waals surface area contributed by atoms with Crippen LogP contribution >= 0.6 is 0 Å². The Morgan fingerprint density at radius 2 is 2.00 bits per heavy atom. The molecule has 2 aliphatic rings. The fourth-order valence-electron chi connectivity index (χ4n) is 3.60. The summed E-state index contributed by atoms with van der Waals surface area (Å²) in [4.78, 5) is 35.0. The molecule has 8 heteroatoms. The number of carbonyl (C=O) groups is 2. The number of aromatic nitrogens is 2. The van der Waals surface area contributed by atoms with Gasteiger partial charge in [0.1, 0.15) is 17.4 Å². The number of hydrogen-bond acceptors (Lipinski definition) is 6. The molecule has 1 aromatic carbocycles. The van der Waals surface area contributed by atoms with Gasteiger partial charge in [0.15, 0.2) is 6.61 Å². The third-order valence-corrected chi connectivity index (χ3v) is 4.98. The van der Waals surface area contributed by atoms with Crippen LogP contribution < -0.4 is 20.3 Å². The first-order chi connectivity index (χ1) is 13.5. The van der Waals surface area contributed by atoms with Crippen LogP contribution in [-0.2, 0) is 4.79 Å². The van der Waals surface area contributed by atoms with Crippen LogP contribution in [-0.4, -0.2) is 47.5 Å². The van der Waals surface area contributed by atoms with Gasteiger partial charge in [-0.15, -0.1) is 0 Å². The summed E-state index contributed by atoms with van der Waals surface area (Å²) in [6.07, 6.45) is 1.71. The molecule has 8 nitrogen and oxygen atoms in total. The second kappa shape index (κ2) is 7.46. The maximum Gasteiger partial charge on any atom is 0.262 e. The predicted molar refractivity (Wildman–Crippen MR) is 105 cm³/mol. The summed E-state index contributed by atoms with van der Waals surface area (Å²) in [6, 6.07) is 7.18. The average molecular weight is 381 g/mol. The molecule has 0 bridgehead atoms. The van der Waals surface area contributed by atoms with Crippen molar-refractivity contribution in [2.75, 3.05) is 29.9 Å². The lowest BCUT2D eigenvalue weighted by Gasteiger charge is -2.33. The highest BCUT2D eigenvalue weighted by Gasteiger charge is 2.23. The van der Waals surface area contributed by atoms with Crippen molar-refractivity contribution in [1.82, 2.24) is 15.3 Å². The van der Waals surface area contributed by atoms with E-state index in [-0.39, 0.29) is 24.5 Å². The second-order valence-corrected chi connectivity index (χ2v) is 7.20. The van der Waals surface area contributed by atoms with Crippen molar-refractivity contribution in [3.05, 3.63) is 41.3 Å². The minimum absolute atomic E-state index is 0.0292. The summed E-state index contributed by atoms with van der Waals surface area (Å²) in [6.45, 7) is 5.51. The Balaban J connectivity index is 1.36. The molecule has 0 radical (unpaired) electrons. The monoisotopic (exact) mass is 381 g/mol. The van der Waals surface area contributed by atoms with Crippen molar-refractivity contribution in [1.29, 1.82) is 0 Å². The van der Waals surface area contributed by atoms with Gasteiger partial charge in [0.25, 0.3) is 11.8 Å². The lowest BCUT2D eigenvalue weighted by molar-refractivity contribution is -0.118. The molecule has 4 rings (SSSR count). The Labute approximate surface area is 163 Å². The smallest absolute Gasteiger partial charge is 0.262 e. The molecule has 0 unspecified atom stereocenters. The van der Waals surface area contributed by atoms with Gasteiger partial charge in [-0.3, -0.25) is 9.59 Å². The third kappa shape index (κ3) is 3.90. The number of nitrogens with one attached hydrogen (secondary N) is 2. The van der Waals surface area contributed by atoms with Gasteiger partial charge in [0.2, 0.25) is 0 Å². The highest BCUT2D eigenvalue weighted by atomic mass is 16.5. The number of aryl methyl sites for hydroxylation is 2. The molecule has 1 fully saturated rings. The standard InChI is InChI=1S/C20H23N5O3/c1-12-9-18(22-13(2)21-12)25-7-5-15(6-8-25)23-20(27)14-3-4-16-17(10-14)28-11-19(26)24-16/h3-4,9-10,15H,5-8,11H2,1-2H3,(H,23,27)(H,24,26). The molecule has 0 atom stereocenters. The number of nitrogens with zero attached hydrogens (tertiary/aromatic N) is 3. The van der Waals surface area contributed by atoms with E-state index in [1.807, 2.05) is 19.9 Å². The number of piperidine rings is 1. The van der Waals surface area contributed by atoms with Crippen LogP contribution in [0.25, 0.3) is 0 Å². The van der Waals surface area contributed by atoms with E-state index in [0.717, 1.165) is 43.3 Å². The molecule has 0 aliphatic carbocycles. The van der Waals surface area contributed by atoms with Crippen molar-refractivity contribution < 1.29 is 14.3 Å². The van der Waals surface area contributed by atoms with Crippen molar-refractivity contribution in [2.24, 2.45) is 0 Å². The zero-order chi connectivity index (χ0) is 19.7. The maximum absolute atomic E-state index is 12.6. The summed E-state index contributed by atoms with van der Waals surface area (Å²) in [5, 5.41) is 5.83. The van der Waals surface area contributed by atoms with E-state index in [4.69, 9.17) is 4.74 Å². The van der Waals surface area contributed by atoms with E-state index in [2.05, 4.69) is 25.5 Å². The number of carbonyl (C=O) groups excluding carboxylic acids is 2. The number of ether oxygens (including phenoxy) is 1. The number of rotatable bonds is 3. The predicted octanol–water partition coefficient (Wildman–Crippen LogP) is 1.82. The van der Waals surface area contributed by atoms with Crippen LogP contribution in [0.15, 0.2) is 24.3 Å². The highest BCUT2D eigenvalue weighted by Crippen LogP contribution is 2.28. The zero-order valence-corrected chi connectivity index (χ0v) is 16.0. The molecule has 2 aliphatic heterocycles. The SMILES string of the molecule is Cc1cc(N2CCC(NC(=O)c3ccc4c(c3)OCC(=O)N4)CC2)nc(C)n1. The number of fused-ring (bicyclic) bond motifs is 1. The molecule has 2 amide bonds. The lowest BCUT2D eigenvalue weighted by atomic mass is 10.0. The van der Waals surface area contributed by atoms with Gasteiger partial charge >= 0.3 is 0 Å². The summed E-state index contributed by atoms with van der Waals surface area (Å²) in [7, 11) is 0. The van der Waals surface area contributed by atoms with E-state index >= 15 is 0 Å². The topological polar surface area (TPSA) is 96.5 Å². The van der Waals surface area contributed by atoms with Gasteiger partial charge < -0.3 is 20.3 Å². The molecular weight excluding hydrogens is 358 g/mol. The third-order valence-electron chi connectivity index (χ3n) is 4.98. The number of benzene rings is 1. The van der Waals surface area contributed by atoms with Gasteiger partial charge in [0, 0.05) is 36.5 Å². The fourth-order valence-corrected chi connectivity index (χ4v) is 3.60. The van der Waals surface area contributed by atoms with Crippen LogP contribution in [0, 0.1) is 13.8 Å². The molecule has 2 aromatic rings. The summed E-state index contributed by atoms with van der Waals surface area (Å²) in [5.41, 5.74) is 2.08. The van der Waals surface area contributed by atoms with Crippen molar-refractivity contribution >= 4 is 23.3 Å². The zero-order valence-electron chi connectivity index (χ0n) is 16.0. The van der Waals surface area contributed by atoms with E-state index < -0.39 is 0 Å². The first kappa shape index (κ1) is 18.2. The largest absolute Gasteiger partial charge is 0.482 e. The maximum atomic E-state index is 12.6. The first-order valence-electron chi connectivity index (χ1n) is 9.43. The molecule has 2 N–H and O–H groups in total. The van der Waals surface area contributed by atoms with Crippen LogP contribution in [0.3, 0.4) is 0 Å². The Kier molecular flexibility index (Phi) is 4.85. The molecule has 0 spiro atoms. The summed E-state index contributed by atoms with van der Waals surface area (Å²) in [5.74, 6) is 1.93. The van der Waals surface area contributed by atoms with Gasteiger partial charge in [-0.25, -0.2) is 9.97 Å². The van der Waals surface area contributed by atoms with E-state index in [1.54, 1.807) is 18.2 Å². The highest BCUT2D eigenvalue weighted by molar-refractivity contribution is 5.99. The minimum atomic E-state index is -0.189. The van der Waals surface area contributed by atoms with Gasteiger partial charge in [-0.2, -0.15) is 0 Å². The quantitative estimate of drug-likeness (QED) is 0.842. The first-order valence-corrected chi connectivity index (χ1v) is 9.43. The number of amides is 2. The molecular formula is C20H23N5O3. The molecule has 0 saturated carbocycles. The van der Waals surface area contributed by atoms with Crippen LogP contribution in [0.4, 0.5) is 11.5 Å². The molecule has 146 valence electrons. The molecule has 3 heterocycles. The van der Waals surface area contributed by atoms with Crippen LogP contribution in [0.2, 0.25) is 0 Å². The summed E-state index contributed by atoms with van der Waals surface area (Å²) >= 11 is 0. The lowest BCUT2D eigenvalue weighted by Crippen LogP contribution is -2.45. The number of hydrogen-bond donors (Lipinski definition) is 2. The van der Waals surface area contributed by atoms with Crippen molar-refractivity contribution in [3.8, 4) is 5.75 Å². The van der Waals surface area contributed by atoms with Crippen LogP contribution in [0.5, 0.6) is 5.75 Å². The molecule has 28 heavy (non-hydrogen) atoms. The van der Waals surface area contributed by atoms with E-state index in [1.165, 1.54) is 0 Å². The van der Waals surface area contributed by atoms with Crippen molar-refractivity contribution in [2.45, 2.75) is 32.7 Å². The Morgan fingerprint density at radius 1 is 1.21 bits per heavy atom. The second-order valence-electron chi connectivity index (χ2n) is 7.20. The van der Waals surface area contributed by atoms with E-state index in [0.29, 0.717) is 17.0 Å². The van der Waals surface area contributed by atoms with Crippen molar-refractivity contribution in [3.63, 3.8) is 0 Å². The normalized spacial score (nSPS) is 16.8. The fraction of sp³-hybridized carbons (Fsp3) is 0.400. The average Bonchev–Trinajstić information content (AvgIpc) is 2.67. The van der Waals surface area contributed by atoms with Crippen LogP contribution in [0.1, 0.15) is 34.7 Å². The van der Waals surface area contributed by atoms with E-state index in [9.17, 15) is 9.59 Å². The van der Waals surface area contributed by atoms with Gasteiger partial charge in [-0.05, 0) is 44.9 Å². The molecule has 1 saturated heterocycles. The summed E-state index contributed by atoms with van der Waals surface area (Å²) < 4.78 is 5.39. The van der Waals surface area contributed by atoms with Gasteiger partial charge in [-0.1, -0.05) is 0 Å². The van der Waals surface area contributed by atoms with Gasteiger partial charge in [0.05, 0.1) is 5.69 Å². The Morgan fingerprint density at radius 3 is 2.75 bits per heavy atom. The molecule has 1 aromatic heterocycles. The minimum Gasteiger partial charge on any atom is -0.482 e. The Hall–Kier alpha value is -3.16. The Bertz CT molecular complexity index is 902.